The number of halogens is 1. The van der Waals surface area contributed by atoms with Gasteiger partial charge in [0.25, 0.3) is 0 Å². The first kappa shape index (κ1) is 26.0. The fourth-order valence-electron chi connectivity index (χ4n) is 4.42. The van der Waals surface area contributed by atoms with Crippen LogP contribution in [0.3, 0.4) is 0 Å². The van der Waals surface area contributed by atoms with Gasteiger partial charge in [-0.25, -0.2) is 4.79 Å². The molecular formula is C28H33ClO5. The Hall–Kier alpha value is -2.66. The van der Waals surface area contributed by atoms with Crippen LogP contribution in [0.1, 0.15) is 91.8 Å². The second-order valence-electron chi connectivity index (χ2n) is 9.06. The first-order valence-electron chi connectivity index (χ1n) is 12.3. The maximum Gasteiger partial charge on any atom is 0.345 e. The van der Waals surface area contributed by atoms with E-state index < -0.39 is 5.97 Å². The molecule has 2 aromatic rings. The van der Waals surface area contributed by atoms with Gasteiger partial charge >= 0.3 is 11.9 Å². The number of unbranched alkanes of at least 4 members (excludes halogenated alkanes) is 4. The molecule has 0 N–H and O–H groups in total. The third-order valence-corrected chi connectivity index (χ3v) is 6.81. The summed E-state index contributed by atoms with van der Waals surface area (Å²) in [5.41, 5.74) is 0.653. The van der Waals surface area contributed by atoms with Crippen LogP contribution in [0, 0.1) is 11.8 Å². The Balaban J connectivity index is 1.47. The van der Waals surface area contributed by atoms with Crippen LogP contribution in [0.5, 0.6) is 11.5 Å². The van der Waals surface area contributed by atoms with Gasteiger partial charge in [-0.15, -0.1) is 0 Å². The predicted octanol–water partition coefficient (Wildman–Crippen LogP) is 7.44. The molecule has 0 bridgehead atoms. The zero-order valence-electron chi connectivity index (χ0n) is 19.8. The maximum atomic E-state index is 12.6. The zero-order valence-corrected chi connectivity index (χ0v) is 20.5. The molecule has 6 heteroatoms. The summed E-state index contributed by atoms with van der Waals surface area (Å²) in [4.78, 5) is 35.8. The van der Waals surface area contributed by atoms with Crippen molar-refractivity contribution < 1.29 is 23.9 Å². The van der Waals surface area contributed by atoms with E-state index in [9.17, 15) is 14.4 Å². The molecule has 1 saturated carbocycles. The summed E-state index contributed by atoms with van der Waals surface area (Å²) in [6.45, 7) is 2.23. The lowest BCUT2D eigenvalue weighted by Gasteiger charge is -2.27. The van der Waals surface area contributed by atoms with Crippen molar-refractivity contribution in [2.45, 2.75) is 71.1 Å². The van der Waals surface area contributed by atoms with Gasteiger partial charge in [-0.2, -0.15) is 0 Å². The minimum atomic E-state index is -0.630. The second kappa shape index (κ2) is 13.3. The summed E-state index contributed by atoms with van der Waals surface area (Å²) in [6.07, 6.45) is 12.4. The first-order valence-corrected chi connectivity index (χ1v) is 12.7. The number of rotatable bonds is 11. The Morgan fingerprint density at radius 1 is 0.912 bits per heavy atom. The van der Waals surface area contributed by atoms with E-state index in [-0.39, 0.29) is 22.5 Å². The van der Waals surface area contributed by atoms with Gasteiger partial charge in [-0.1, -0.05) is 57.0 Å². The Labute approximate surface area is 206 Å². The van der Waals surface area contributed by atoms with Crippen LogP contribution in [0.4, 0.5) is 0 Å². The van der Waals surface area contributed by atoms with E-state index >= 15 is 0 Å². The molecule has 0 amide bonds. The molecule has 0 radical (unpaired) electrons. The smallest absolute Gasteiger partial charge is 0.345 e. The molecule has 3 rings (SSSR count). The molecule has 0 aromatic heterocycles. The number of ether oxygens (including phenoxy) is 2. The van der Waals surface area contributed by atoms with Crippen LogP contribution in [-0.2, 0) is 4.79 Å². The molecule has 0 spiro atoms. The minimum Gasteiger partial charge on any atom is -0.426 e. The highest BCUT2D eigenvalue weighted by molar-refractivity contribution is 6.33. The summed E-state index contributed by atoms with van der Waals surface area (Å²) in [7, 11) is 0. The molecule has 1 fully saturated rings. The molecule has 182 valence electrons. The highest BCUT2D eigenvalue weighted by Gasteiger charge is 2.27. The zero-order chi connectivity index (χ0) is 24.3. The molecule has 0 unspecified atom stereocenters. The summed E-state index contributed by atoms with van der Waals surface area (Å²) in [5, 5.41) is 0.145. The minimum absolute atomic E-state index is 0.0888. The third kappa shape index (κ3) is 7.69. The molecule has 0 saturated heterocycles. The largest absolute Gasteiger partial charge is 0.426 e. The SMILES string of the molecule is CCCCCCCC1CCC(C(=O)Oc2ccc(C(=O)Oc3ccc(C=O)cc3)c(Cl)c2)CC1. The standard InChI is InChI=1S/C28H33ClO5/c1-2-3-4-5-6-7-20-8-12-22(13-9-20)27(31)34-24-16-17-25(26(29)18-24)28(32)33-23-14-10-21(19-30)11-15-23/h10-11,14-20,22H,2-9,12-13H2,1H3. The van der Waals surface area contributed by atoms with Gasteiger partial charge in [0.15, 0.2) is 0 Å². The van der Waals surface area contributed by atoms with Crippen molar-refractivity contribution in [3.8, 4) is 11.5 Å². The summed E-state index contributed by atoms with van der Waals surface area (Å²) >= 11 is 6.27. The maximum absolute atomic E-state index is 12.6. The summed E-state index contributed by atoms with van der Waals surface area (Å²) < 4.78 is 10.9. The molecule has 0 aliphatic heterocycles. The number of esters is 2. The van der Waals surface area contributed by atoms with Crippen LogP contribution >= 0.6 is 11.6 Å². The number of hydrogen-bond acceptors (Lipinski definition) is 5. The van der Waals surface area contributed by atoms with E-state index in [1.54, 1.807) is 18.2 Å². The van der Waals surface area contributed by atoms with E-state index in [0.717, 1.165) is 31.6 Å². The van der Waals surface area contributed by atoms with Gasteiger partial charge in [-0.3, -0.25) is 9.59 Å². The topological polar surface area (TPSA) is 69.7 Å². The molecule has 2 aromatic carbocycles. The fraction of sp³-hybridized carbons (Fsp3) is 0.464. The number of benzene rings is 2. The average molecular weight is 485 g/mol. The molecule has 1 aliphatic carbocycles. The van der Waals surface area contributed by atoms with E-state index in [1.165, 1.54) is 62.8 Å². The van der Waals surface area contributed by atoms with Crippen LogP contribution in [0.15, 0.2) is 42.5 Å². The number of aldehydes is 1. The molecule has 0 heterocycles. The van der Waals surface area contributed by atoms with Crippen molar-refractivity contribution in [3.63, 3.8) is 0 Å². The molecule has 5 nitrogen and oxygen atoms in total. The quantitative estimate of drug-likeness (QED) is 0.143. The second-order valence-corrected chi connectivity index (χ2v) is 9.47. The lowest BCUT2D eigenvalue weighted by Crippen LogP contribution is -2.25. The molecule has 1 aliphatic rings. The Morgan fingerprint density at radius 2 is 1.59 bits per heavy atom. The predicted molar refractivity (Wildman–Crippen MR) is 133 cm³/mol. The molecule has 34 heavy (non-hydrogen) atoms. The normalized spacial score (nSPS) is 17.7. The van der Waals surface area contributed by atoms with Crippen LogP contribution < -0.4 is 9.47 Å². The summed E-state index contributed by atoms with van der Waals surface area (Å²) in [6, 6.07) is 10.7. The highest BCUT2D eigenvalue weighted by atomic mass is 35.5. The Morgan fingerprint density at radius 3 is 2.24 bits per heavy atom. The van der Waals surface area contributed by atoms with Gasteiger partial charge in [0.1, 0.15) is 17.8 Å². The van der Waals surface area contributed by atoms with Crippen LogP contribution in [0.25, 0.3) is 0 Å². The third-order valence-electron chi connectivity index (χ3n) is 6.50. The Bertz CT molecular complexity index is 961. The van der Waals surface area contributed by atoms with Crippen LogP contribution in [0.2, 0.25) is 5.02 Å². The van der Waals surface area contributed by atoms with Gasteiger partial charge in [-0.05, 0) is 68.0 Å². The van der Waals surface area contributed by atoms with E-state index in [1.807, 2.05) is 0 Å². The lowest BCUT2D eigenvalue weighted by molar-refractivity contribution is -0.140. The van der Waals surface area contributed by atoms with Crippen LogP contribution in [-0.4, -0.2) is 18.2 Å². The van der Waals surface area contributed by atoms with Gasteiger partial charge in [0.2, 0.25) is 0 Å². The number of carbonyl (C=O) groups is 3. The van der Waals surface area contributed by atoms with Crippen molar-refractivity contribution >= 4 is 29.8 Å². The van der Waals surface area contributed by atoms with E-state index in [0.29, 0.717) is 23.3 Å². The van der Waals surface area contributed by atoms with Crippen molar-refractivity contribution in [2.24, 2.45) is 11.8 Å². The van der Waals surface area contributed by atoms with E-state index in [4.69, 9.17) is 21.1 Å². The van der Waals surface area contributed by atoms with Gasteiger partial charge in [0.05, 0.1) is 16.5 Å². The van der Waals surface area contributed by atoms with Gasteiger partial charge < -0.3 is 9.47 Å². The fourth-order valence-corrected chi connectivity index (χ4v) is 4.67. The molecular weight excluding hydrogens is 452 g/mol. The number of hydrogen-bond donors (Lipinski definition) is 0. The Kier molecular flexibility index (Phi) is 10.1. The summed E-state index contributed by atoms with van der Waals surface area (Å²) in [5.74, 6) is 0.394. The molecule has 0 atom stereocenters. The van der Waals surface area contributed by atoms with E-state index in [2.05, 4.69) is 6.92 Å². The van der Waals surface area contributed by atoms with Crippen molar-refractivity contribution in [1.29, 1.82) is 0 Å². The van der Waals surface area contributed by atoms with Gasteiger partial charge in [0, 0.05) is 11.6 Å². The first-order chi connectivity index (χ1) is 16.5. The lowest BCUT2D eigenvalue weighted by atomic mass is 9.80. The van der Waals surface area contributed by atoms with Crippen molar-refractivity contribution in [3.05, 3.63) is 58.6 Å². The monoisotopic (exact) mass is 484 g/mol. The number of carbonyl (C=O) groups excluding carboxylic acids is 3. The van der Waals surface area contributed by atoms with Crippen molar-refractivity contribution in [1.82, 2.24) is 0 Å². The highest BCUT2D eigenvalue weighted by Crippen LogP contribution is 2.33. The average Bonchev–Trinajstić information content (AvgIpc) is 2.84. The van der Waals surface area contributed by atoms with Crippen molar-refractivity contribution in [2.75, 3.05) is 0 Å².